The molecule has 1 atom stereocenters. The minimum atomic E-state index is -0.982. The van der Waals surface area contributed by atoms with Crippen LogP contribution in [0.4, 0.5) is 9.52 Å². The molecule has 1 aliphatic rings. The molecule has 1 N–H and O–H groups in total. The molecule has 0 aliphatic carbocycles. The summed E-state index contributed by atoms with van der Waals surface area (Å²) < 4.78 is 14.4. The minimum Gasteiger partial charge on any atom is -0.507 e. The van der Waals surface area contributed by atoms with Gasteiger partial charge in [-0.3, -0.25) is 14.5 Å². The first kappa shape index (κ1) is 24.9. The van der Waals surface area contributed by atoms with Gasteiger partial charge in [-0.1, -0.05) is 94.9 Å². The lowest BCUT2D eigenvalue weighted by Gasteiger charge is -2.22. The van der Waals surface area contributed by atoms with E-state index < -0.39 is 23.5 Å². The van der Waals surface area contributed by atoms with Crippen LogP contribution in [0, 0.1) is 19.7 Å². The fraction of sp³-hybridized carbons (Fsp3) is 0.143. The third-order valence-corrected chi connectivity index (χ3v) is 8.17. The summed E-state index contributed by atoms with van der Waals surface area (Å²) in [5.41, 5.74) is 4.08. The van der Waals surface area contributed by atoms with Gasteiger partial charge >= 0.3 is 5.91 Å². The average molecular weight is 532 g/mol. The van der Waals surface area contributed by atoms with Gasteiger partial charge in [-0.05, 0) is 37.1 Å². The number of ketones is 1. The van der Waals surface area contributed by atoms with Crippen molar-refractivity contribution >= 4 is 45.7 Å². The van der Waals surface area contributed by atoms with Crippen LogP contribution in [0.1, 0.15) is 33.9 Å². The molecule has 186 valence electrons. The van der Waals surface area contributed by atoms with E-state index in [2.05, 4.69) is 10.2 Å². The predicted molar refractivity (Wildman–Crippen MR) is 143 cm³/mol. The van der Waals surface area contributed by atoms with Crippen molar-refractivity contribution in [1.82, 2.24) is 10.2 Å². The van der Waals surface area contributed by atoms with Crippen molar-refractivity contribution in [3.05, 3.63) is 112 Å². The Kier molecular flexibility index (Phi) is 6.90. The van der Waals surface area contributed by atoms with E-state index >= 15 is 0 Å². The molecular formula is C28H22FN3O3S2. The quantitative estimate of drug-likeness (QED) is 0.105. The van der Waals surface area contributed by atoms with E-state index in [1.54, 1.807) is 24.3 Å². The number of nitrogens with zero attached hydrogens (tertiary/aromatic N) is 3. The molecule has 37 heavy (non-hydrogen) atoms. The number of carbonyl (C=O) groups excluding carboxylic acids is 2. The van der Waals surface area contributed by atoms with E-state index in [4.69, 9.17) is 0 Å². The first-order chi connectivity index (χ1) is 17.8. The van der Waals surface area contributed by atoms with Crippen LogP contribution >= 0.6 is 23.1 Å². The zero-order chi connectivity index (χ0) is 26.1. The van der Waals surface area contributed by atoms with Crippen LogP contribution in [0.3, 0.4) is 0 Å². The fourth-order valence-electron chi connectivity index (χ4n) is 4.04. The summed E-state index contributed by atoms with van der Waals surface area (Å²) in [4.78, 5) is 27.7. The van der Waals surface area contributed by atoms with Crippen LogP contribution in [-0.2, 0) is 15.3 Å². The second kappa shape index (κ2) is 10.3. The maximum atomic E-state index is 13.7. The standard InChI is InChI=1S/C28H22FN3O3S2/c1-16-3-7-18(8-4-16)15-36-28-31-30-27(37-28)32-23(19-11-13-21(29)14-12-19)22(25(34)26(32)35)24(33)20-9-5-17(2)6-10-20/h3-14,23,33H,15H2,1-2H3/b24-22-. The highest BCUT2D eigenvalue weighted by Gasteiger charge is 2.48. The van der Waals surface area contributed by atoms with Crippen molar-refractivity contribution in [2.24, 2.45) is 0 Å². The maximum absolute atomic E-state index is 13.7. The number of hydrogen-bond donors (Lipinski definition) is 1. The Morgan fingerprint density at radius 1 is 0.946 bits per heavy atom. The minimum absolute atomic E-state index is 0.0791. The molecule has 0 bridgehead atoms. The van der Waals surface area contributed by atoms with E-state index in [0.29, 0.717) is 21.2 Å². The fourth-order valence-corrected chi connectivity index (χ4v) is 5.87. The highest BCUT2D eigenvalue weighted by Crippen LogP contribution is 2.44. The Morgan fingerprint density at radius 2 is 1.57 bits per heavy atom. The Morgan fingerprint density at radius 3 is 2.22 bits per heavy atom. The number of aryl methyl sites for hydroxylation is 2. The summed E-state index contributed by atoms with van der Waals surface area (Å²) in [6, 6.07) is 19.7. The highest BCUT2D eigenvalue weighted by molar-refractivity contribution is 8.00. The molecule has 3 aromatic carbocycles. The molecule has 4 aromatic rings. The van der Waals surface area contributed by atoms with Crippen LogP contribution < -0.4 is 4.90 Å². The van der Waals surface area contributed by atoms with E-state index in [-0.39, 0.29) is 16.5 Å². The van der Waals surface area contributed by atoms with Gasteiger partial charge in [0.05, 0.1) is 11.6 Å². The Labute approximate surface area is 221 Å². The number of benzene rings is 3. The third-order valence-electron chi connectivity index (χ3n) is 6.04. The van der Waals surface area contributed by atoms with Crippen LogP contribution in [-0.4, -0.2) is 27.0 Å². The topological polar surface area (TPSA) is 83.4 Å². The van der Waals surface area contributed by atoms with E-state index in [9.17, 15) is 19.1 Å². The summed E-state index contributed by atoms with van der Waals surface area (Å²) in [7, 11) is 0. The summed E-state index contributed by atoms with van der Waals surface area (Å²) in [6.45, 7) is 3.93. The van der Waals surface area contributed by atoms with Crippen molar-refractivity contribution in [3.63, 3.8) is 0 Å². The number of carbonyl (C=O) groups is 2. The van der Waals surface area contributed by atoms with Gasteiger partial charge in [-0.15, -0.1) is 10.2 Å². The molecule has 6 nitrogen and oxygen atoms in total. The number of aliphatic hydroxyl groups excluding tert-OH is 1. The van der Waals surface area contributed by atoms with Crippen LogP contribution in [0.25, 0.3) is 5.76 Å². The van der Waals surface area contributed by atoms with Gasteiger partial charge in [0.2, 0.25) is 5.13 Å². The third kappa shape index (κ3) is 5.05. The molecule has 9 heteroatoms. The monoisotopic (exact) mass is 531 g/mol. The zero-order valence-corrected chi connectivity index (χ0v) is 21.6. The second-order valence-electron chi connectivity index (χ2n) is 8.71. The number of rotatable bonds is 6. The number of hydrogen-bond acceptors (Lipinski definition) is 7. The van der Waals surface area contributed by atoms with Crippen molar-refractivity contribution in [1.29, 1.82) is 0 Å². The van der Waals surface area contributed by atoms with Crippen LogP contribution in [0.2, 0.25) is 0 Å². The number of Topliss-reactive ketones (excluding diaryl/α,β-unsaturated/α-hetero) is 1. The second-order valence-corrected chi connectivity index (χ2v) is 10.9. The molecule has 0 saturated carbocycles. The first-order valence-corrected chi connectivity index (χ1v) is 13.3. The largest absolute Gasteiger partial charge is 0.507 e. The summed E-state index contributed by atoms with van der Waals surface area (Å²) >= 11 is 2.66. The lowest BCUT2D eigenvalue weighted by Crippen LogP contribution is -2.29. The van der Waals surface area contributed by atoms with Gasteiger partial charge in [0.15, 0.2) is 4.34 Å². The summed E-state index contributed by atoms with van der Waals surface area (Å²) in [5.74, 6) is -1.74. The number of aromatic nitrogens is 2. The normalized spacial score (nSPS) is 16.9. The molecule has 5 rings (SSSR count). The molecule has 0 spiro atoms. The predicted octanol–water partition coefficient (Wildman–Crippen LogP) is 6.21. The van der Waals surface area contributed by atoms with Gasteiger partial charge in [-0.2, -0.15) is 0 Å². The van der Waals surface area contributed by atoms with E-state index in [1.807, 2.05) is 38.1 Å². The maximum Gasteiger partial charge on any atom is 0.301 e. The summed E-state index contributed by atoms with van der Waals surface area (Å²) in [6.07, 6.45) is 0. The van der Waals surface area contributed by atoms with Crippen LogP contribution in [0.15, 0.2) is 82.7 Å². The zero-order valence-electron chi connectivity index (χ0n) is 20.0. The van der Waals surface area contributed by atoms with Gasteiger partial charge in [-0.25, -0.2) is 4.39 Å². The van der Waals surface area contributed by atoms with Gasteiger partial charge < -0.3 is 5.11 Å². The number of thioether (sulfide) groups is 1. The Hall–Kier alpha value is -3.82. The Bertz CT molecular complexity index is 1500. The number of halogens is 1. The van der Waals surface area contributed by atoms with Gasteiger partial charge in [0.1, 0.15) is 11.6 Å². The first-order valence-electron chi connectivity index (χ1n) is 11.5. The highest BCUT2D eigenvalue weighted by atomic mass is 32.2. The molecule has 1 aliphatic heterocycles. The lowest BCUT2D eigenvalue weighted by atomic mass is 9.95. The summed E-state index contributed by atoms with van der Waals surface area (Å²) in [5, 5.41) is 19.8. The molecule has 1 amide bonds. The molecule has 1 saturated heterocycles. The molecular weight excluding hydrogens is 509 g/mol. The van der Waals surface area contributed by atoms with Gasteiger partial charge in [0, 0.05) is 11.3 Å². The van der Waals surface area contributed by atoms with Crippen molar-refractivity contribution in [3.8, 4) is 0 Å². The number of aliphatic hydroxyl groups is 1. The van der Waals surface area contributed by atoms with E-state index in [0.717, 1.165) is 11.1 Å². The average Bonchev–Trinajstić information content (AvgIpc) is 3.46. The van der Waals surface area contributed by atoms with Crippen molar-refractivity contribution in [2.45, 2.75) is 30.0 Å². The van der Waals surface area contributed by atoms with E-state index in [1.165, 1.54) is 57.8 Å². The van der Waals surface area contributed by atoms with Gasteiger partial charge in [0.25, 0.3) is 5.78 Å². The molecule has 1 aromatic heterocycles. The molecule has 0 radical (unpaired) electrons. The Balaban J connectivity index is 1.53. The number of anilines is 1. The van der Waals surface area contributed by atoms with Crippen LogP contribution in [0.5, 0.6) is 0 Å². The van der Waals surface area contributed by atoms with Crippen molar-refractivity contribution in [2.75, 3.05) is 4.90 Å². The number of amides is 1. The molecule has 1 fully saturated rings. The smallest absolute Gasteiger partial charge is 0.301 e. The SMILES string of the molecule is Cc1ccc(CSc2nnc(N3C(=O)C(=O)/C(=C(\O)c4ccc(C)cc4)C3c3ccc(F)cc3)s2)cc1. The molecule has 1 unspecified atom stereocenters. The van der Waals surface area contributed by atoms with Crippen molar-refractivity contribution < 1.29 is 19.1 Å². The lowest BCUT2D eigenvalue weighted by molar-refractivity contribution is -0.132. The molecule has 2 heterocycles.